The first-order valence-corrected chi connectivity index (χ1v) is 8.29. The molecule has 2 aromatic rings. The lowest BCUT2D eigenvalue weighted by Crippen LogP contribution is -2.31. The lowest BCUT2D eigenvalue weighted by atomic mass is 10.1. The number of aryl methyl sites for hydroxylation is 1. The van der Waals surface area contributed by atoms with E-state index in [2.05, 4.69) is 26.6 Å². The molecule has 0 fully saturated rings. The molecule has 0 aliphatic heterocycles. The van der Waals surface area contributed by atoms with Crippen molar-refractivity contribution in [3.05, 3.63) is 52.0 Å². The van der Waals surface area contributed by atoms with E-state index in [1.54, 1.807) is 14.2 Å². The van der Waals surface area contributed by atoms with Crippen molar-refractivity contribution in [2.24, 2.45) is 0 Å². The molecule has 128 valence electrons. The minimum Gasteiger partial charge on any atom is -0.497 e. The van der Waals surface area contributed by atoms with E-state index in [4.69, 9.17) is 9.47 Å². The van der Waals surface area contributed by atoms with Gasteiger partial charge in [-0.25, -0.2) is 4.79 Å². The first-order chi connectivity index (χ1) is 11.4. The van der Waals surface area contributed by atoms with Gasteiger partial charge in [0.25, 0.3) is 0 Å². The van der Waals surface area contributed by atoms with Crippen molar-refractivity contribution in [1.29, 1.82) is 0 Å². The van der Waals surface area contributed by atoms with Crippen molar-refractivity contribution in [3.8, 4) is 11.5 Å². The van der Waals surface area contributed by atoms with Crippen molar-refractivity contribution in [1.82, 2.24) is 5.32 Å². The van der Waals surface area contributed by atoms with Gasteiger partial charge in [0, 0.05) is 15.7 Å². The Morgan fingerprint density at radius 2 is 1.88 bits per heavy atom. The van der Waals surface area contributed by atoms with Crippen LogP contribution in [0.25, 0.3) is 0 Å². The molecule has 5 nitrogen and oxygen atoms in total. The maximum atomic E-state index is 12.3. The van der Waals surface area contributed by atoms with E-state index in [-0.39, 0.29) is 12.1 Å². The number of hydrogen-bond donors (Lipinski definition) is 2. The number of carbonyl (C=O) groups excluding carboxylic acids is 1. The van der Waals surface area contributed by atoms with Gasteiger partial charge in [-0.2, -0.15) is 0 Å². The van der Waals surface area contributed by atoms with Crippen LogP contribution in [0.3, 0.4) is 0 Å². The van der Waals surface area contributed by atoms with E-state index >= 15 is 0 Å². The van der Waals surface area contributed by atoms with Gasteiger partial charge in [0.1, 0.15) is 11.5 Å². The number of hydrogen-bond acceptors (Lipinski definition) is 3. The van der Waals surface area contributed by atoms with Crippen LogP contribution in [0.2, 0.25) is 0 Å². The molecule has 0 bridgehead atoms. The lowest BCUT2D eigenvalue weighted by Gasteiger charge is -2.19. The van der Waals surface area contributed by atoms with Crippen molar-refractivity contribution < 1.29 is 14.3 Å². The van der Waals surface area contributed by atoms with E-state index in [1.165, 1.54) is 0 Å². The second kappa shape index (κ2) is 8.06. The molecule has 0 aliphatic carbocycles. The number of rotatable bonds is 5. The fourth-order valence-electron chi connectivity index (χ4n) is 2.38. The first-order valence-electron chi connectivity index (χ1n) is 7.50. The van der Waals surface area contributed by atoms with E-state index in [9.17, 15) is 4.79 Å². The number of ether oxygens (including phenoxy) is 2. The molecule has 0 aromatic heterocycles. The second-order valence-electron chi connectivity index (χ2n) is 5.39. The van der Waals surface area contributed by atoms with Crippen LogP contribution >= 0.6 is 15.9 Å². The number of amides is 2. The highest BCUT2D eigenvalue weighted by Crippen LogP contribution is 2.29. The highest BCUT2D eigenvalue weighted by molar-refractivity contribution is 9.10. The molecule has 0 saturated heterocycles. The Balaban J connectivity index is 2.11. The number of nitrogens with one attached hydrogen (secondary N) is 2. The molecule has 2 rings (SSSR count). The average Bonchev–Trinajstić information content (AvgIpc) is 2.56. The van der Waals surface area contributed by atoms with E-state index in [0.717, 1.165) is 21.3 Å². The first kappa shape index (κ1) is 18.1. The summed E-state index contributed by atoms with van der Waals surface area (Å²) in [5.41, 5.74) is 2.59. The zero-order valence-corrected chi connectivity index (χ0v) is 15.7. The molecule has 0 spiro atoms. The van der Waals surface area contributed by atoms with Crippen LogP contribution in [0.5, 0.6) is 11.5 Å². The van der Waals surface area contributed by atoms with Crippen LogP contribution in [-0.4, -0.2) is 20.3 Å². The standard InChI is InChI=1S/C18H21BrN2O3/c1-11-9-13(19)5-7-16(11)21-18(22)20-12(2)15-10-14(23-3)6-8-17(15)24-4/h5-10,12H,1-4H3,(H2,20,21,22). The highest BCUT2D eigenvalue weighted by Gasteiger charge is 2.15. The number of methoxy groups -OCH3 is 2. The quantitative estimate of drug-likeness (QED) is 0.777. The van der Waals surface area contributed by atoms with Gasteiger partial charge in [-0.15, -0.1) is 0 Å². The zero-order valence-electron chi connectivity index (χ0n) is 14.1. The van der Waals surface area contributed by atoms with Crippen molar-refractivity contribution in [3.63, 3.8) is 0 Å². The number of urea groups is 1. The third kappa shape index (κ3) is 4.41. The minimum atomic E-state index is -0.280. The molecule has 0 saturated carbocycles. The largest absolute Gasteiger partial charge is 0.497 e. The summed E-state index contributed by atoms with van der Waals surface area (Å²) in [6, 6.07) is 10.7. The molecular formula is C18H21BrN2O3. The van der Waals surface area contributed by atoms with Crippen LogP contribution in [0.4, 0.5) is 10.5 Å². The van der Waals surface area contributed by atoms with E-state index in [0.29, 0.717) is 11.5 Å². The summed E-state index contributed by atoms with van der Waals surface area (Å²) in [6.07, 6.45) is 0. The molecule has 2 aromatic carbocycles. The Morgan fingerprint density at radius 1 is 1.12 bits per heavy atom. The number of halogens is 1. The summed E-state index contributed by atoms with van der Waals surface area (Å²) < 4.78 is 11.6. The fourth-order valence-corrected chi connectivity index (χ4v) is 2.85. The normalized spacial score (nSPS) is 11.5. The topological polar surface area (TPSA) is 59.6 Å². The number of anilines is 1. The summed E-state index contributed by atoms with van der Waals surface area (Å²) in [5.74, 6) is 1.41. The third-order valence-corrected chi connectivity index (χ3v) is 4.18. The Labute approximate surface area is 150 Å². The maximum Gasteiger partial charge on any atom is 0.319 e. The Kier molecular flexibility index (Phi) is 6.09. The highest BCUT2D eigenvalue weighted by atomic mass is 79.9. The van der Waals surface area contributed by atoms with Crippen LogP contribution in [0.15, 0.2) is 40.9 Å². The monoisotopic (exact) mass is 392 g/mol. The molecule has 2 amide bonds. The minimum absolute atomic E-state index is 0.245. The van der Waals surface area contributed by atoms with Gasteiger partial charge in [-0.1, -0.05) is 15.9 Å². The summed E-state index contributed by atoms with van der Waals surface area (Å²) in [6.45, 7) is 3.83. The van der Waals surface area contributed by atoms with Crippen molar-refractivity contribution in [2.75, 3.05) is 19.5 Å². The zero-order chi connectivity index (χ0) is 17.7. The van der Waals surface area contributed by atoms with Gasteiger partial charge in [-0.3, -0.25) is 0 Å². The summed E-state index contributed by atoms with van der Waals surface area (Å²) in [7, 11) is 3.20. The van der Waals surface area contributed by atoms with Gasteiger partial charge in [0.05, 0.1) is 20.3 Å². The summed E-state index contributed by atoms with van der Waals surface area (Å²) >= 11 is 3.41. The predicted molar refractivity (Wildman–Crippen MR) is 99.0 cm³/mol. The molecule has 6 heteroatoms. The van der Waals surface area contributed by atoms with Crippen LogP contribution < -0.4 is 20.1 Å². The van der Waals surface area contributed by atoms with Gasteiger partial charge in [-0.05, 0) is 55.8 Å². The van der Waals surface area contributed by atoms with Crippen LogP contribution in [0.1, 0.15) is 24.1 Å². The fraction of sp³-hybridized carbons (Fsp3) is 0.278. The maximum absolute atomic E-state index is 12.3. The van der Waals surface area contributed by atoms with Gasteiger partial charge < -0.3 is 20.1 Å². The number of benzene rings is 2. The molecule has 0 heterocycles. The van der Waals surface area contributed by atoms with Gasteiger partial charge in [0.15, 0.2) is 0 Å². The molecule has 0 aliphatic rings. The van der Waals surface area contributed by atoms with Gasteiger partial charge in [0.2, 0.25) is 0 Å². The average molecular weight is 393 g/mol. The van der Waals surface area contributed by atoms with E-state index in [1.807, 2.05) is 50.2 Å². The molecule has 1 unspecified atom stereocenters. The van der Waals surface area contributed by atoms with Gasteiger partial charge >= 0.3 is 6.03 Å². The SMILES string of the molecule is COc1ccc(OC)c(C(C)NC(=O)Nc2ccc(Br)cc2C)c1. The van der Waals surface area contributed by atoms with Crippen LogP contribution in [-0.2, 0) is 0 Å². The summed E-state index contributed by atoms with van der Waals surface area (Å²) in [4.78, 5) is 12.3. The summed E-state index contributed by atoms with van der Waals surface area (Å²) in [5, 5.41) is 5.78. The predicted octanol–water partition coefficient (Wildman–Crippen LogP) is 4.66. The van der Waals surface area contributed by atoms with Crippen molar-refractivity contribution >= 4 is 27.6 Å². The third-order valence-electron chi connectivity index (χ3n) is 3.69. The molecular weight excluding hydrogens is 372 g/mol. The Bertz CT molecular complexity index is 734. The number of carbonyl (C=O) groups is 1. The van der Waals surface area contributed by atoms with Crippen LogP contribution in [0, 0.1) is 6.92 Å². The lowest BCUT2D eigenvalue weighted by molar-refractivity contribution is 0.249. The van der Waals surface area contributed by atoms with E-state index < -0.39 is 0 Å². The Morgan fingerprint density at radius 3 is 2.50 bits per heavy atom. The smallest absolute Gasteiger partial charge is 0.319 e. The molecule has 1 atom stereocenters. The van der Waals surface area contributed by atoms with Crippen molar-refractivity contribution in [2.45, 2.75) is 19.9 Å². The Hall–Kier alpha value is -2.21. The molecule has 24 heavy (non-hydrogen) atoms. The second-order valence-corrected chi connectivity index (χ2v) is 6.30. The molecule has 0 radical (unpaired) electrons. The molecule has 2 N–H and O–H groups in total.